The molecule has 164 valence electrons. The quantitative estimate of drug-likeness (QED) is 0.227. The Morgan fingerprint density at radius 2 is 1.70 bits per heavy atom. The van der Waals surface area contributed by atoms with Crippen molar-refractivity contribution in [3.05, 3.63) is 59.2 Å². The van der Waals surface area contributed by atoms with E-state index >= 15 is 0 Å². The SMILES string of the molecule is CCC(C)CCc1cccc(OC(C)OOc2ccc(C3CCCCC3)cc2)c1C. The highest BCUT2D eigenvalue weighted by Crippen LogP contribution is 2.33. The van der Waals surface area contributed by atoms with Crippen molar-refractivity contribution in [2.45, 2.75) is 91.3 Å². The number of benzene rings is 2. The normalized spacial score (nSPS) is 16.8. The molecule has 1 saturated carbocycles. The summed E-state index contributed by atoms with van der Waals surface area (Å²) >= 11 is 0. The number of ether oxygens (including phenoxy) is 1. The number of aryl methyl sites for hydroxylation is 1. The molecule has 0 heterocycles. The van der Waals surface area contributed by atoms with Crippen LogP contribution in [0.25, 0.3) is 0 Å². The minimum Gasteiger partial charge on any atom is -0.461 e. The fraction of sp³-hybridized carbons (Fsp3) is 0.556. The van der Waals surface area contributed by atoms with Crippen molar-refractivity contribution >= 4 is 0 Å². The van der Waals surface area contributed by atoms with Crippen LogP contribution in [-0.4, -0.2) is 6.29 Å². The van der Waals surface area contributed by atoms with Crippen molar-refractivity contribution in [1.82, 2.24) is 0 Å². The molecule has 1 aliphatic carbocycles. The van der Waals surface area contributed by atoms with Gasteiger partial charge in [-0.3, -0.25) is 0 Å². The second-order valence-corrected chi connectivity index (χ2v) is 8.86. The first-order valence-electron chi connectivity index (χ1n) is 11.7. The van der Waals surface area contributed by atoms with Crippen LogP contribution < -0.4 is 9.62 Å². The molecule has 2 aromatic carbocycles. The van der Waals surface area contributed by atoms with E-state index in [0.717, 1.165) is 18.1 Å². The maximum absolute atomic E-state index is 6.01. The summed E-state index contributed by atoms with van der Waals surface area (Å²) < 4.78 is 6.01. The molecule has 0 N–H and O–H groups in total. The van der Waals surface area contributed by atoms with Crippen LogP contribution in [0, 0.1) is 12.8 Å². The predicted octanol–water partition coefficient (Wildman–Crippen LogP) is 7.76. The lowest BCUT2D eigenvalue weighted by Crippen LogP contribution is -2.19. The fourth-order valence-electron chi connectivity index (χ4n) is 4.22. The minimum absolute atomic E-state index is 0.494. The van der Waals surface area contributed by atoms with Gasteiger partial charge in [0.25, 0.3) is 0 Å². The highest BCUT2D eigenvalue weighted by Gasteiger charge is 2.16. The van der Waals surface area contributed by atoms with Crippen LogP contribution in [0.5, 0.6) is 11.5 Å². The second kappa shape index (κ2) is 11.4. The Morgan fingerprint density at radius 1 is 0.967 bits per heavy atom. The Hall–Kier alpha value is -2.00. The molecule has 0 bridgehead atoms. The average Bonchev–Trinajstić information content (AvgIpc) is 2.79. The van der Waals surface area contributed by atoms with E-state index in [1.165, 1.54) is 61.6 Å². The molecule has 3 nitrogen and oxygen atoms in total. The van der Waals surface area contributed by atoms with E-state index < -0.39 is 6.29 Å². The first-order chi connectivity index (χ1) is 14.6. The second-order valence-electron chi connectivity index (χ2n) is 8.86. The van der Waals surface area contributed by atoms with E-state index in [1.807, 2.05) is 25.1 Å². The zero-order valence-corrected chi connectivity index (χ0v) is 19.2. The molecule has 1 fully saturated rings. The maximum atomic E-state index is 6.01. The Morgan fingerprint density at radius 3 is 2.40 bits per heavy atom. The van der Waals surface area contributed by atoms with Crippen LogP contribution in [0.1, 0.15) is 88.3 Å². The molecule has 0 aromatic heterocycles. The molecule has 1 aliphatic rings. The Balaban J connectivity index is 1.50. The molecule has 0 aliphatic heterocycles. The third kappa shape index (κ3) is 6.50. The molecule has 0 radical (unpaired) electrons. The van der Waals surface area contributed by atoms with Gasteiger partial charge in [0.05, 0.1) is 0 Å². The summed E-state index contributed by atoms with van der Waals surface area (Å²) in [6, 6.07) is 14.6. The van der Waals surface area contributed by atoms with Gasteiger partial charge in [0, 0.05) is 6.92 Å². The van der Waals surface area contributed by atoms with E-state index in [2.05, 4.69) is 45.0 Å². The molecule has 2 aromatic rings. The first-order valence-corrected chi connectivity index (χ1v) is 11.7. The molecule has 0 amide bonds. The maximum Gasteiger partial charge on any atom is 0.239 e. The van der Waals surface area contributed by atoms with Crippen molar-refractivity contribution in [1.29, 1.82) is 0 Å². The zero-order valence-electron chi connectivity index (χ0n) is 19.2. The van der Waals surface area contributed by atoms with Crippen molar-refractivity contribution < 1.29 is 14.5 Å². The van der Waals surface area contributed by atoms with Crippen LogP contribution in [0.2, 0.25) is 0 Å². The molecule has 30 heavy (non-hydrogen) atoms. The standard InChI is InChI=1S/C27H38O3/c1-5-20(2)14-15-23-12-9-13-27(21(23)3)28-22(4)29-30-26-18-16-25(17-19-26)24-10-7-6-8-11-24/h9,12-13,16-20,22,24H,5-8,10-11,14-15H2,1-4H3. The van der Waals surface area contributed by atoms with Crippen LogP contribution in [-0.2, 0) is 11.3 Å². The summed E-state index contributed by atoms with van der Waals surface area (Å²) in [5.74, 6) is 3.02. The number of rotatable bonds is 10. The Kier molecular flexibility index (Phi) is 8.62. The van der Waals surface area contributed by atoms with E-state index in [-0.39, 0.29) is 0 Å². The summed E-state index contributed by atoms with van der Waals surface area (Å²) in [5.41, 5.74) is 3.95. The van der Waals surface area contributed by atoms with Gasteiger partial charge >= 0.3 is 0 Å². The lowest BCUT2D eigenvalue weighted by molar-refractivity contribution is -0.289. The highest BCUT2D eigenvalue weighted by molar-refractivity contribution is 5.39. The van der Waals surface area contributed by atoms with E-state index in [4.69, 9.17) is 14.5 Å². The lowest BCUT2D eigenvalue weighted by Gasteiger charge is -2.22. The van der Waals surface area contributed by atoms with Crippen molar-refractivity contribution in [2.75, 3.05) is 0 Å². The van der Waals surface area contributed by atoms with Crippen molar-refractivity contribution in [2.24, 2.45) is 5.92 Å². The van der Waals surface area contributed by atoms with Crippen LogP contribution in [0.3, 0.4) is 0 Å². The van der Waals surface area contributed by atoms with Gasteiger partial charge < -0.3 is 9.62 Å². The summed E-state index contributed by atoms with van der Waals surface area (Å²) in [5, 5.41) is 0. The van der Waals surface area contributed by atoms with Gasteiger partial charge in [-0.05, 0) is 79.3 Å². The Bertz CT molecular complexity index is 762. The van der Waals surface area contributed by atoms with Crippen LogP contribution in [0.4, 0.5) is 0 Å². The zero-order chi connectivity index (χ0) is 21.3. The van der Waals surface area contributed by atoms with Gasteiger partial charge in [-0.15, -0.1) is 4.89 Å². The number of hydrogen-bond donors (Lipinski definition) is 0. The van der Waals surface area contributed by atoms with Gasteiger partial charge in [0.1, 0.15) is 5.75 Å². The molecular weight excluding hydrogens is 372 g/mol. The van der Waals surface area contributed by atoms with E-state index in [0.29, 0.717) is 11.7 Å². The number of hydrogen-bond acceptors (Lipinski definition) is 3. The average molecular weight is 411 g/mol. The Labute approximate surface area is 182 Å². The van der Waals surface area contributed by atoms with Gasteiger partial charge in [-0.2, -0.15) is 0 Å². The molecule has 2 unspecified atom stereocenters. The molecule has 3 rings (SSSR count). The van der Waals surface area contributed by atoms with Crippen LogP contribution >= 0.6 is 0 Å². The summed E-state index contributed by atoms with van der Waals surface area (Å²) in [7, 11) is 0. The highest BCUT2D eigenvalue weighted by atomic mass is 17.2. The summed E-state index contributed by atoms with van der Waals surface area (Å²) in [6.45, 7) is 8.55. The van der Waals surface area contributed by atoms with Gasteiger partial charge in [0.2, 0.25) is 6.29 Å². The third-order valence-electron chi connectivity index (χ3n) is 6.53. The van der Waals surface area contributed by atoms with Crippen LogP contribution in [0.15, 0.2) is 42.5 Å². The van der Waals surface area contributed by atoms with Crippen molar-refractivity contribution in [3.8, 4) is 11.5 Å². The summed E-state index contributed by atoms with van der Waals surface area (Å²) in [6.07, 6.45) is 9.69. The molecule has 0 spiro atoms. The monoisotopic (exact) mass is 410 g/mol. The van der Waals surface area contributed by atoms with E-state index in [1.54, 1.807) is 0 Å². The smallest absolute Gasteiger partial charge is 0.239 e. The molecular formula is C27H38O3. The van der Waals surface area contributed by atoms with Gasteiger partial charge in [-0.25, -0.2) is 0 Å². The topological polar surface area (TPSA) is 27.7 Å². The van der Waals surface area contributed by atoms with Gasteiger partial charge in [-0.1, -0.05) is 63.8 Å². The summed E-state index contributed by atoms with van der Waals surface area (Å²) in [4.78, 5) is 11.0. The van der Waals surface area contributed by atoms with Gasteiger partial charge in [0.15, 0.2) is 5.75 Å². The minimum atomic E-state index is -0.494. The first kappa shape index (κ1) is 22.7. The van der Waals surface area contributed by atoms with E-state index in [9.17, 15) is 0 Å². The fourth-order valence-corrected chi connectivity index (χ4v) is 4.22. The predicted molar refractivity (Wildman–Crippen MR) is 123 cm³/mol. The largest absolute Gasteiger partial charge is 0.461 e. The molecule has 0 saturated heterocycles. The lowest BCUT2D eigenvalue weighted by atomic mass is 9.84. The molecule has 2 atom stereocenters. The molecule has 3 heteroatoms. The van der Waals surface area contributed by atoms with Crippen molar-refractivity contribution in [3.63, 3.8) is 0 Å². The third-order valence-corrected chi connectivity index (χ3v) is 6.53.